The first-order valence-electron chi connectivity index (χ1n) is 7.83. The van der Waals surface area contributed by atoms with Crippen LogP contribution in [0, 0.1) is 5.92 Å². The molecule has 0 unspecified atom stereocenters. The van der Waals surface area contributed by atoms with Gasteiger partial charge in [0.1, 0.15) is 5.71 Å². The maximum atomic E-state index is 12.2. The van der Waals surface area contributed by atoms with E-state index in [0.29, 0.717) is 28.4 Å². The lowest BCUT2D eigenvalue weighted by Gasteiger charge is -2.14. The third-order valence-electron chi connectivity index (χ3n) is 3.80. The zero-order chi connectivity index (χ0) is 18.6. The molecule has 1 aliphatic rings. The zero-order valence-corrected chi connectivity index (χ0v) is 15.0. The van der Waals surface area contributed by atoms with E-state index < -0.39 is 5.97 Å². The number of carbonyl (C=O) groups excluding carboxylic acids is 2. The Balaban J connectivity index is 2.22. The molecule has 0 radical (unpaired) electrons. The van der Waals surface area contributed by atoms with Gasteiger partial charge in [0.25, 0.3) is 0 Å². The second-order valence-corrected chi connectivity index (χ2v) is 5.87. The summed E-state index contributed by atoms with van der Waals surface area (Å²) in [5.74, 6) is 0.323. The van der Waals surface area contributed by atoms with E-state index in [2.05, 4.69) is 5.16 Å². The fourth-order valence-electron chi connectivity index (χ4n) is 2.34. The van der Waals surface area contributed by atoms with E-state index in [-0.39, 0.29) is 17.3 Å². The Morgan fingerprint density at radius 2 is 1.76 bits per heavy atom. The van der Waals surface area contributed by atoms with Gasteiger partial charge in [0, 0.05) is 5.57 Å². The van der Waals surface area contributed by atoms with Gasteiger partial charge in [-0.2, -0.15) is 0 Å². The number of carbonyl (C=O) groups is 2. The Morgan fingerprint density at radius 1 is 1.08 bits per heavy atom. The van der Waals surface area contributed by atoms with Crippen LogP contribution in [0.3, 0.4) is 0 Å². The average Bonchev–Trinajstić information content (AvgIpc) is 2.59. The van der Waals surface area contributed by atoms with Crippen LogP contribution in [0.1, 0.15) is 31.1 Å². The lowest BCUT2D eigenvalue weighted by Crippen LogP contribution is -2.16. The van der Waals surface area contributed by atoms with Crippen LogP contribution in [0.4, 0.5) is 0 Å². The SMILES string of the molecule is COc1ccc(C(=O)ON=C2C=C(C(C)C)C(=O)C=C2C)cc1OC. The quantitative estimate of drug-likeness (QED) is 0.466. The van der Waals surface area contributed by atoms with Gasteiger partial charge in [0.05, 0.1) is 19.8 Å². The number of rotatable bonds is 5. The van der Waals surface area contributed by atoms with E-state index in [9.17, 15) is 9.59 Å². The van der Waals surface area contributed by atoms with Gasteiger partial charge < -0.3 is 14.3 Å². The van der Waals surface area contributed by atoms with E-state index in [1.54, 1.807) is 25.1 Å². The van der Waals surface area contributed by atoms with Crippen molar-refractivity contribution in [2.24, 2.45) is 11.1 Å². The van der Waals surface area contributed by atoms with E-state index >= 15 is 0 Å². The first-order chi connectivity index (χ1) is 11.9. The van der Waals surface area contributed by atoms with Gasteiger partial charge in [-0.05, 0) is 48.8 Å². The predicted octanol–water partition coefficient (Wildman–Crippen LogP) is 3.33. The molecule has 0 saturated carbocycles. The molecule has 0 bridgehead atoms. The number of ether oxygens (including phenoxy) is 2. The predicted molar refractivity (Wildman–Crippen MR) is 94.1 cm³/mol. The number of allylic oxidation sites excluding steroid dienone is 4. The number of hydrogen-bond donors (Lipinski definition) is 0. The van der Waals surface area contributed by atoms with Crippen LogP contribution >= 0.6 is 0 Å². The van der Waals surface area contributed by atoms with Crippen LogP contribution < -0.4 is 9.47 Å². The molecule has 25 heavy (non-hydrogen) atoms. The minimum Gasteiger partial charge on any atom is -0.493 e. The highest BCUT2D eigenvalue weighted by Gasteiger charge is 2.20. The van der Waals surface area contributed by atoms with E-state index in [0.717, 1.165) is 0 Å². The van der Waals surface area contributed by atoms with Crippen molar-refractivity contribution in [1.29, 1.82) is 0 Å². The molecule has 0 aliphatic heterocycles. The van der Waals surface area contributed by atoms with Crippen molar-refractivity contribution in [3.8, 4) is 11.5 Å². The fraction of sp³-hybridized carbons (Fsp3) is 0.316. The van der Waals surface area contributed by atoms with Gasteiger partial charge in [-0.25, -0.2) is 4.79 Å². The highest BCUT2D eigenvalue weighted by atomic mass is 16.7. The van der Waals surface area contributed by atoms with Crippen molar-refractivity contribution in [3.05, 3.63) is 47.1 Å². The van der Waals surface area contributed by atoms with E-state index in [1.165, 1.54) is 26.4 Å². The number of methoxy groups -OCH3 is 2. The molecule has 0 heterocycles. The molecular formula is C19H21NO5. The van der Waals surface area contributed by atoms with Crippen molar-refractivity contribution in [2.45, 2.75) is 20.8 Å². The first kappa shape index (κ1) is 18.4. The molecule has 0 atom stereocenters. The summed E-state index contributed by atoms with van der Waals surface area (Å²) in [7, 11) is 3.00. The normalized spacial score (nSPS) is 15.8. The van der Waals surface area contributed by atoms with Crippen LogP contribution in [-0.2, 0) is 9.63 Å². The summed E-state index contributed by atoms with van der Waals surface area (Å²) in [6, 6.07) is 4.69. The molecule has 1 aromatic carbocycles. The molecule has 6 nitrogen and oxygen atoms in total. The maximum Gasteiger partial charge on any atom is 0.365 e. The highest BCUT2D eigenvalue weighted by Crippen LogP contribution is 2.28. The molecule has 1 aromatic rings. The van der Waals surface area contributed by atoms with E-state index in [1.807, 2.05) is 13.8 Å². The smallest absolute Gasteiger partial charge is 0.365 e. The summed E-state index contributed by atoms with van der Waals surface area (Å²) in [6.07, 6.45) is 3.16. The number of benzene rings is 1. The monoisotopic (exact) mass is 343 g/mol. The molecule has 132 valence electrons. The molecule has 6 heteroatoms. The minimum absolute atomic E-state index is 0.0438. The minimum atomic E-state index is -0.627. The largest absolute Gasteiger partial charge is 0.493 e. The van der Waals surface area contributed by atoms with Gasteiger partial charge in [-0.15, -0.1) is 0 Å². The zero-order valence-electron chi connectivity index (χ0n) is 15.0. The number of ketones is 1. The van der Waals surface area contributed by atoms with Crippen LogP contribution in [0.5, 0.6) is 11.5 Å². The Kier molecular flexibility index (Phi) is 5.75. The average molecular weight is 343 g/mol. The summed E-state index contributed by atoms with van der Waals surface area (Å²) in [4.78, 5) is 29.2. The van der Waals surface area contributed by atoms with Gasteiger partial charge in [0.15, 0.2) is 17.3 Å². The lowest BCUT2D eigenvalue weighted by molar-refractivity contribution is -0.111. The Morgan fingerprint density at radius 3 is 2.36 bits per heavy atom. The molecule has 2 rings (SSSR count). The highest BCUT2D eigenvalue weighted by molar-refractivity contribution is 6.21. The Hall–Kier alpha value is -2.89. The van der Waals surface area contributed by atoms with Crippen molar-refractivity contribution >= 4 is 17.5 Å². The number of hydrogen-bond acceptors (Lipinski definition) is 6. The van der Waals surface area contributed by atoms with Gasteiger partial charge >= 0.3 is 5.97 Å². The summed E-state index contributed by atoms with van der Waals surface area (Å²) in [5, 5.41) is 3.90. The van der Waals surface area contributed by atoms with Crippen molar-refractivity contribution in [2.75, 3.05) is 14.2 Å². The molecule has 0 aromatic heterocycles. The summed E-state index contributed by atoms with van der Waals surface area (Å²) in [6.45, 7) is 5.59. The van der Waals surface area contributed by atoms with Crippen molar-refractivity contribution in [3.63, 3.8) is 0 Å². The third kappa shape index (κ3) is 4.15. The number of oxime groups is 1. The lowest BCUT2D eigenvalue weighted by atomic mass is 9.90. The first-order valence-corrected chi connectivity index (χ1v) is 7.83. The second-order valence-electron chi connectivity index (χ2n) is 5.87. The van der Waals surface area contributed by atoms with Crippen molar-refractivity contribution in [1.82, 2.24) is 0 Å². The summed E-state index contributed by atoms with van der Waals surface area (Å²) >= 11 is 0. The molecule has 0 spiro atoms. The number of nitrogens with zero attached hydrogens (tertiary/aromatic N) is 1. The van der Waals surface area contributed by atoms with Crippen LogP contribution in [0.25, 0.3) is 0 Å². The molecular weight excluding hydrogens is 322 g/mol. The second kappa shape index (κ2) is 7.79. The maximum absolute atomic E-state index is 12.2. The molecule has 0 amide bonds. The van der Waals surface area contributed by atoms with Gasteiger partial charge in [0.2, 0.25) is 0 Å². The third-order valence-corrected chi connectivity index (χ3v) is 3.80. The van der Waals surface area contributed by atoms with E-state index in [4.69, 9.17) is 14.3 Å². The fourth-order valence-corrected chi connectivity index (χ4v) is 2.34. The van der Waals surface area contributed by atoms with Gasteiger partial charge in [-0.3, -0.25) is 4.79 Å². The van der Waals surface area contributed by atoms with Crippen LogP contribution in [0.15, 0.2) is 46.7 Å². The van der Waals surface area contributed by atoms with Gasteiger partial charge in [-0.1, -0.05) is 19.0 Å². The molecule has 0 N–H and O–H groups in total. The van der Waals surface area contributed by atoms with Crippen LogP contribution in [-0.4, -0.2) is 31.7 Å². The van der Waals surface area contributed by atoms with Crippen LogP contribution in [0.2, 0.25) is 0 Å². The molecule has 0 fully saturated rings. The Bertz CT molecular complexity index is 787. The summed E-state index contributed by atoms with van der Waals surface area (Å²) in [5.41, 5.74) is 2.02. The summed E-state index contributed by atoms with van der Waals surface area (Å²) < 4.78 is 10.3. The Labute approximate surface area is 146 Å². The van der Waals surface area contributed by atoms with Crippen molar-refractivity contribution < 1.29 is 23.9 Å². The standard InChI is InChI=1S/C19H21NO5/c1-11(2)14-10-15(12(3)8-16(14)21)20-25-19(22)13-6-7-17(23-4)18(9-13)24-5/h6-11H,1-5H3. The molecule has 1 aliphatic carbocycles. The topological polar surface area (TPSA) is 74.2 Å². The molecule has 0 saturated heterocycles.